The predicted octanol–water partition coefficient (Wildman–Crippen LogP) is 2.40. The number of methoxy groups -OCH3 is 1. The number of nitrogens with two attached hydrogens (primary N) is 1. The van der Waals surface area contributed by atoms with Crippen molar-refractivity contribution in [2.45, 2.75) is 18.8 Å². The summed E-state index contributed by atoms with van der Waals surface area (Å²) in [4.78, 5) is 9.23. The minimum atomic E-state index is 0.560. The molecule has 0 bridgehead atoms. The first kappa shape index (κ1) is 13.8. The summed E-state index contributed by atoms with van der Waals surface area (Å²) in [6.07, 6.45) is 4.28. The van der Waals surface area contributed by atoms with E-state index in [1.54, 1.807) is 7.11 Å². The molecule has 5 nitrogen and oxygen atoms in total. The second-order valence-electron chi connectivity index (χ2n) is 5.21. The van der Waals surface area contributed by atoms with Gasteiger partial charge in [0.25, 0.3) is 0 Å². The van der Waals surface area contributed by atoms with E-state index in [0.29, 0.717) is 12.5 Å². The molecular formula is C16H20N4O. The Labute approximate surface area is 124 Å². The van der Waals surface area contributed by atoms with Crippen molar-refractivity contribution >= 4 is 5.69 Å². The number of aromatic nitrogens is 2. The van der Waals surface area contributed by atoms with Crippen LogP contribution >= 0.6 is 0 Å². The number of nitrogens with one attached hydrogen (secondary N) is 1. The van der Waals surface area contributed by atoms with Crippen LogP contribution in [0.15, 0.2) is 30.5 Å². The summed E-state index contributed by atoms with van der Waals surface area (Å²) >= 11 is 0. The summed E-state index contributed by atoms with van der Waals surface area (Å²) in [5.41, 5.74) is 8.68. The van der Waals surface area contributed by atoms with Gasteiger partial charge in [0.15, 0.2) is 5.82 Å². The van der Waals surface area contributed by atoms with Gasteiger partial charge in [0, 0.05) is 24.6 Å². The minimum absolute atomic E-state index is 0.560. The molecule has 0 radical (unpaired) electrons. The van der Waals surface area contributed by atoms with Crippen LogP contribution in [0.5, 0.6) is 5.75 Å². The van der Waals surface area contributed by atoms with Gasteiger partial charge in [-0.2, -0.15) is 0 Å². The molecule has 1 aliphatic rings. The fourth-order valence-electron chi connectivity index (χ4n) is 2.29. The smallest absolute Gasteiger partial charge is 0.159 e. The van der Waals surface area contributed by atoms with Crippen LogP contribution in [0.25, 0.3) is 11.4 Å². The predicted molar refractivity (Wildman–Crippen MR) is 83.5 cm³/mol. The van der Waals surface area contributed by atoms with Crippen molar-refractivity contribution < 1.29 is 4.74 Å². The lowest BCUT2D eigenvalue weighted by Gasteiger charge is -2.11. The molecule has 3 N–H and O–H groups in total. The van der Waals surface area contributed by atoms with Crippen LogP contribution in [-0.2, 0) is 0 Å². The maximum Gasteiger partial charge on any atom is 0.159 e. The zero-order valence-electron chi connectivity index (χ0n) is 12.2. The molecule has 1 heterocycles. The fourth-order valence-corrected chi connectivity index (χ4v) is 2.29. The first-order valence-electron chi connectivity index (χ1n) is 7.27. The van der Waals surface area contributed by atoms with Crippen molar-refractivity contribution in [2.75, 3.05) is 25.5 Å². The molecule has 0 aliphatic heterocycles. The highest BCUT2D eigenvalue weighted by Crippen LogP contribution is 2.42. The molecule has 5 heteroatoms. The van der Waals surface area contributed by atoms with Gasteiger partial charge < -0.3 is 15.8 Å². The molecule has 3 rings (SSSR count). The number of benzene rings is 1. The van der Waals surface area contributed by atoms with Gasteiger partial charge in [-0.05, 0) is 37.1 Å². The third-order valence-electron chi connectivity index (χ3n) is 3.59. The van der Waals surface area contributed by atoms with Crippen molar-refractivity contribution in [3.05, 3.63) is 36.2 Å². The fraction of sp³-hybridized carbons (Fsp3) is 0.375. The molecule has 0 atom stereocenters. The largest absolute Gasteiger partial charge is 0.497 e. The van der Waals surface area contributed by atoms with E-state index in [-0.39, 0.29) is 0 Å². The van der Waals surface area contributed by atoms with Gasteiger partial charge in [-0.1, -0.05) is 0 Å². The minimum Gasteiger partial charge on any atom is -0.497 e. The molecule has 0 saturated heterocycles. The molecule has 0 unspecified atom stereocenters. The van der Waals surface area contributed by atoms with E-state index in [1.807, 2.05) is 30.5 Å². The highest BCUT2D eigenvalue weighted by Gasteiger charge is 2.28. The summed E-state index contributed by atoms with van der Waals surface area (Å²) < 4.78 is 5.18. The van der Waals surface area contributed by atoms with E-state index < -0.39 is 0 Å². The second-order valence-corrected chi connectivity index (χ2v) is 5.21. The Morgan fingerprint density at radius 2 is 2.05 bits per heavy atom. The zero-order valence-corrected chi connectivity index (χ0v) is 12.2. The highest BCUT2D eigenvalue weighted by atomic mass is 16.5. The maximum absolute atomic E-state index is 5.55. The van der Waals surface area contributed by atoms with Crippen molar-refractivity contribution in [2.24, 2.45) is 5.73 Å². The second kappa shape index (κ2) is 6.10. The molecule has 0 amide bonds. The standard InChI is InChI=1S/C16H20N4O/c1-21-13-6-4-12(5-7-13)16-19-10-14(18-9-8-17)15(20-16)11-2-3-11/h4-7,10-11,18H,2-3,8-9,17H2,1H3. The number of hydrogen-bond donors (Lipinski definition) is 2. The third-order valence-corrected chi connectivity index (χ3v) is 3.59. The topological polar surface area (TPSA) is 73.1 Å². The maximum atomic E-state index is 5.55. The van der Waals surface area contributed by atoms with E-state index in [0.717, 1.165) is 35.1 Å². The lowest BCUT2D eigenvalue weighted by Crippen LogP contribution is -2.15. The van der Waals surface area contributed by atoms with Crippen LogP contribution < -0.4 is 15.8 Å². The van der Waals surface area contributed by atoms with Gasteiger partial charge in [-0.25, -0.2) is 9.97 Å². The number of hydrogen-bond acceptors (Lipinski definition) is 5. The van der Waals surface area contributed by atoms with Gasteiger partial charge in [0.05, 0.1) is 24.7 Å². The van der Waals surface area contributed by atoms with Gasteiger partial charge in [-0.3, -0.25) is 0 Å². The number of nitrogens with zero attached hydrogens (tertiary/aromatic N) is 2. The average molecular weight is 284 g/mol. The summed E-state index contributed by atoms with van der Waals surface area (Å²) in [5, 5.41) is 3.31. The van der Waals surface area contributed by atoms with Gasteiger partial charge in [0.1, 0.15) is 5.75 Å². The molecule has 2 aromatic rings. The Hall–Kier alpha value is -2.14. The average Bonchev–Trinajstić information content (AvgIpc) is 3.38. The summed E-state index contributed by atoms with van der Waals surface area (Å²) in [6.45, 7) is 1.34. The summed E-state index contributed by atoms with van der Waals surface area (Å²) in [6, 6.07) is 7.82. The highest BCUT2D eigenvalue weighted by molar-refractivity contribution is 5.60. The van der Waals surface area contributed by atoms with E-state index in [1.165, 1.54) is 12.8 Å². The number of anilines is 1. The Bertz CT molecular complexity index is 608. The summed E-state index contributed by atoms with van der Waals surface area (Å²) in [5.74, 6) is 2.16. The Balaban J connectivity index is 1.90. The van der Waals surface area contributed by atoms with Gasteiger partial charge in [0.2, 0.25) is 0 Å². The van der Waals surface area contributed by atoms with Gasteiger partial charge >= 0.3 is 0 Å². The van der Waals surface area contributed by atoms with Crippen molar-refractivity contribution in [1.29, 1.82) is 0 Å². The SMILES string of the molecule is COc1ccc(-c2ncc(NCCN)c(C3CC3)n2)cc1. The Morgan fingerprint density at radius 3 is 2.67 bits per heavy atom. The van der Waals surface area contributed by atoms with E-state index in [9.17, 15) is 0 Å². The molecule has 1 aliphatic carbocycles. The normalized spacial score (nSPS) is 14.0. The van der Waals surface area contributed by atoms with E-state index >= 15 is 0 Å². The van der Waals surface area contributed by atoms with Crippen LogP contribution in [0, 0.1) is 0 Å². The third kappa shape index (κ3) is 3.13. The van der Waals surface area contributed by atoms with E-state index in [2.05, 4.69) is 10.3 Å². The van der Waals surface area contributed by atoms with Crippen molar-refractivity contribution in [3.63, 3.8) is 0 Å². The summed E-state index contributed by atoms with van der Waals surface area (Å²) in [7, 11) is 1.66. The van der Waals surface area contributed by atoms with Crippen LogP contribution in [0.4, 0.5) is 5.69 Å². The molecular weight excluding hydrogens is 264 g/mol. The first-order valence-corrected chi connectivity index (χ1v) is 7.27. The molecule has 1 saturated carbocycles. The zero-order chi connectivity index (χ0) is 14.7. The first-order chi connectivity index (χ1) is 10.3. The van der Waals surface area contributed by atoms with Crippen LogP contribution in [-0.4, -0.2) is 30.2 Å². The number of rotatable bonds is 6. The lowest BCUT2D eigenvalue weighted by molar-refractivity contribution is 0.415. The molecule has 1 fully saturated rings. The monoisotopic (exact) mass is 284 g/mol. The van der Waals surface area contributed by atoms with E-state index in [4.69, 9.17) is 15.5 Å². The Morgan fingerprint density at radius 1 is 1.29 bits per heavy atom. The molecule has 1 aromatic heterocycles. The van der Waals surface area contributed by atoms with Crippen molar-refractivity contribution in [1.82, 2.24) is 9.97 Å². The molecule has 21 heavy (non-hydrogen) atoms. The lowest BCUT2D eigenvalue weighted by atomic mass is 10.1. The number of ether oxygens (including phenoxy) is 1. The van der Waals surface area contributed by atoms with Crippen molar-refractivity contribution in [3.8, 4) is 17.1 Å². The van der Waals surface area contributed by atoms with Gasteiger partial charge in [-0.15, -0.1) is 0 Å². The molecule has 0 spiro atoms. The van der Waals surface area contributed by atoms with Crippen LogP contribution in [0.1, 0.15) is 24.5 Å². The Kier molecular flexibility index (Phi) is 4.01. The molecule has 110 valence electrons. The quantitative estimate of drug-likeness (QED) is 0.852. The van der Waals surface area contributed by atoms with Crippen LogP contribution in [0.2, 0.25) is 0 Å². The van der Waals surface area contributed by atoms with Crippen LogP contribution in [0.3, 0.4) is 0 Å². The molecule has 1 aromatic carbocycles.